The van der Waals surface area contributed by atoms with Gasteiger partial charge in [-0.1, -0.05) is 0 Å². The van der Waals surface area contributed by atoms with Crippen LogP contribution in [-0.4, -0.2) is 31.6 Å². The van der Waals surface area contributed by atoms with Crippen molar-refractivity contribution in [3.63, 3.8) is 0 Å². The molecule has 1 rings (SSSR count). The molecule has 1 atom stereocenters. The Balaban J connectivity index is 2.53. The lowest BCUT2D eigenvalue weighted by Crippen LogP contribution is -2.10. The van der Waals surface area contributed by atoms with Gasteiger partial charge in [0.15, 0.2) is 0 Å². The van der Waals surface area contributed by atoms with Crippen molar-refractivity contribution in [2.45, 2.75) is 19.3 Å². The van der Waals surface area contributed by atoms with E-state index in [0.29, 0.717) is 18.6 Å². The van der Waals surface area contributed by atoms with Crippen LogP contribution in [0, 0.1) is 5.92 Å². The molecule has 1 aliphatic heterocycles. The van der Waals surface area contributed by atoms with E-state index in [1.54, 1.807) is 0 Å². The summed E-state index contributed by atoms with van der Waals surface area (Å²) < 4.78 is 22.1. The zero-order valence-electron chi connectivity index (χ0n) is 6.49. The lowest BCUT2D eigenvalue weighted by molar-refractivity contribution is 0.216. The first kappa shape index (κ1) is 9.00. The maximum absolute atomic E-state index is 11.1. The van der Waals surface area contributed by atoms with E-state index in [-0.39, 0.29) is 18.3 Å². The number of aliphatic hydroxyl groups is 1. The fraction of sp³-hybridized carbons (Fsp3) is 1.00. The summed E-state index contributed by atoms with van der Waals surface area (Å²) in [6.45, 7) is 0.134. The van der Waals surface area contributed by atoms with Crippen LogP contribution in [0.25, 0.3) is 0 Å². The Morgan fingerprint density at radius 1 is 1.27 bits per heavy atom. The zero-order valence-corrected chi connectivity index (χ0v) is 7.31. The van der Waals surface area contributed by atoms with Gasteiger partial charge in [-0.25, -0.2) is 8.42 Å². The summed E-state index contributed by atoms with van der Waals surface area (Å²) in [6.07, 6.45) is 2.21. The van der Waals surface area contributed by atoms with Crippen molar-refractivity contribution in [1.29, 1.82) is 0 Å². The summed E-state index contributed by atoms with van der Waals surface area (Å²) in [5, 5.41) is 8.79. The second-order valence-electron chi connectivity index (χ2n) is 3.13. The van der Waals surface area contributed by atoms with Gasteiger partial charge in [0, 0.05) is 6.61 Å². The number of hydrogen-bond donors (Lipinski definition) is 1. The first-order valence-corrected chi connectivity index (χ1v) is 5.77. The molecular formula is C7H14O3S. The van der Waals surface area contributed by atoms with Crippen LogP contribution >= 0.6 is 0 Å². The molecule has 0 amide bonds. The molecule has 0 aromatic rings. The van der Waals surface area contributed by atoms with Crippen LogP contribution in [0.5, 0.6) is 0 Å². The molecule has 66 valence electrons. The minimum absolute atomic E-state index is 0.134. The van der Waals surface area contributed by atoms with Gasteiger partial charge in [-0.15, -0.1) is 0 Å². The van der Waals surface area contributed by atoms with Crippen molar-refractivity contribution in [2.24, 2.45) is 5.92 Å². The van der Waals surface area contributed by atoms with Crippen molar-refractivity contribution in [2.75, 3.05) is 18.1 Å². The molecule has 1 aliphatic rings. The van der Waals surface area contributed by atoms with E-state index in [9.17, 15) is 8.42 Å². The first-order valence-electron chi connectivity index (χ1n) is 3.95. The van der Waals surface area contributed by atoms with Crippen molar-refractivity contribution in [1.82, 2.24) is 0 Å². The van der Waals surface area contributed by atoms with Crippen LogP contribution in [-0.2, 0) is 9.84 Å². The molecule has 1 fully saturated rings. The van der Waals surface area contributed by atoms with Gasteiger partial charge in [-0.3, -0.25) is 0 Å². The molecule has 3 nitrogen and oxygen atoms in total. The summed E-state index contributed by atoms with van der Waals surface area (Å²) in [7, 11) is -2.77. The summed E-state index contributed by atoms with van der Waals surface area (Å²) >= 11 is 0. The standard InChI is InChI=1S/C7H14O3S/c8-6-7-2-1-4-11(9,10)5-3-7/h7-8H,1-6H2/t7-/m0/s1. The van der Waals surface area contributed by atoms with Crippen LogP contribution in [0.3, 0.4) is 0 Å². The lowest BCUT2D eigenvalue weighted by atomic mass is 10.0. The molecule has 0 spiro atoms. The van der Waals surface area contributed by atoms with Gasteiger partial charge >= 0.3 is 0 Å². The molecule has 0 bridgehead atoms. The number of aliphatic hydroxyl groups excluding tert-OH is 1. The molecule has 0 saturated carbocycles. The monoisotopic (exact) mass is 178 g/mol. The van der Waals surface area contributed by atoms with Crippen LogP contribution in [0.2, 0.25) is 0 Å². The maximum Gasteiger partial charge on any atom is 0.150 e. The molecule has 0 radical (unpaired) electrons. The molecule has 11 heavy (non-hydrogen) atoms. The average molecular weight is 178 g/mol. The Morgan fingerprint density at radius 2 is 2.00 bits per heavy atom. The van der Waals surface area contributed by atoms with Gasteiger partial charge in [0.1, 0.15) is 9.84 Å². The lowest BCUT2D eigenvalue weighted by Gasteiger charge is -2.06. The van der Waals surface area contributed by atoms with E-state index in [4.69, 9.17) is 5.11 Å². The van der Waals surface area contributed by atoms with Crippen molar-refractivity contribution >= 4 is 9.84 Å². The van der Waals surface area contributed by atoms with E-state index in [1.807, 2.05) is 0 Å². The van der Waals surface area contributed by atoms with E-state index in [0.717, 1.165) is 6.42 Å². The molecular weight excluding hydrogens is 164 g/mol. The van der Waals surface area contributed by atoms with Crippen molar-refractivity contribution in [3.8, 4) is 0 Å². The normalized spacial score (nSPS) is 31.2. The third-order valence-electron chi connectivity index (χ3n) is 2.16. The second-order valence-corrected chi connectivity index (χ2v) is 5.43. The van der Waals surface area contributed by atoms with Gasteiger partial charge in [0.25, 0.3) is 0 Å². The molecule has 1 saturated heterocycles. The van der Waals surface area contributed by atoms with Crippen LogP contribution < -0.4 is 0 Å². The Hall–Kier alpha value is -0.0900. The predicted molar refractivity (Wildman–Crippen MR) is 43.1 cm³/mol. The number of hydrogen-bond acceptors (Lipinski definition) is 3. The quantitative estimate of drug-likeness (QED) is 0.623. The smallest absolute Gasteiger partial charge is 0.150 e. The fourth-order valence-electron chi connectivity index (χ4n) is 1.37. The van der Waals surface area contributed by atoms with Crippen LogP contribution in [0.4, 0.5) is 0 Å². The Morgan fingerprint density at radius 3 is 2.64 bits per heavy atom. The molecule has 0 unspecified atom stereocenters. The highest BCUT2D eigenvalue weighted by atomic mass is 32.2. The largest absolute Gasteiger partial charge is 0.396 e. The third-order valence-corrected chi connectivity index (χ3v) is 3.93. The third kappa shape index (κ3) is 2.79. The van der Waals surface area contributed by atoms with E-state index >= 15 is 0 Å². The Kier molecular flexibility index (Phi) is 2.90. The summed E-state index contributed by atoms with van der Waals surface area (Å²) in [6, 6.07) is 0. The number of rotatable bonds is 1. The first-order chi connectivity index (χ1) is 5.14. The minimum atomic E-state index is -2.77. The van der Waals surface area contributed by atoms with Gasteiger partial charge in [0.05, 0.1) is 11.5 Å². The fourth-order valence-corrected chi connectivity index (χ4v) is 2.87. The van der Waals surface area contributed by atoms with Crippen LogP contribution in [0.15, 0.2) is 0 Å². The van der Waals surface area contributed by atoms with Gasteiger partial charge in [0.2, 0.25) is 0 Å². The maximum atomic E-state index is 11.1. The van der Waals surface area contributed by atoms with Gasteiger partial charge in [-0.2, -0.15) is 0 Å². The summed E-state index contributed by atoms with van der Waals surface area (Å²) in [5.74, 6) is 0.786. The molecule has 4 heteroatoms. The van der Waals surface area contributed by atoms with Gasteiger partial charge < -0.3 is 5.11 Å². The highest BCUT2D eigenvalue weighted by molar-refractivity contribution is 7.91. The minimum Gasteiger partial charge on any atom is -0.396 e. The Bertz CT molecular complexity index is 208. The van der Waals surface area contributed by atoms with E-state index in [2.05, 4.69) is 0 Å². The molecule has 0 aromatic carbocycles. The predicted octanol–water partition coefficient (Wildman–Crippen LogP) is 0.194. The second kappa shape index (κ2) is 3.54. The van der Waals surface area contributed by atoms with Crippen LogP contribution in [0.1, 0.15) is 19.3 Å². The van der Waals surface area contributed by atoms with Crippen molar-refractivity contribution in [3.05, 3.63) is 0 Å². The average Bonchev–Trinajstić information content (AvgIpc) is 2.10. The molecule has 1 N–H and O–H groups in total. The summed E-state index contributed by atoms with van der Waals surface area (Å²) in [5.41, 5.74) is 0. The van der Waals surface area contributed by atoms with Crippen molar-refractivity contribution < 1.29 is 13.5 Å². The highest BCUT2D eigenvalue weighted by Gasteiger charge is 2.19. The Labute approximate surface area is 67.3 Å². The summed E-state index contributed by atoms with van der Waals surface area (Å²) in [4.78, 5) is 0. The molecule has 1 heterocycles. The SMILES string of the molecule is O=S1(=O)CCC[C@H](CO)CC1. The van der Waals surface area contributed by atoms with E-state index < -0.39 is 9.84 Å². The zero-order chi connectivity index (χ0) is 8.32. The van der Waals surface area contributed by atoms with E-state index in [1.165, 1.54) is 0 Å². The highest BCUT2D eigenvalue weighted by Crippen LogP contribution is 2.17. The topological polar surface area (TPSA) is 54.4 Å². The number of sulfone groups is 1. The van der Waals surface area contributed by atoms with Gasteiger partial charge in [-0.05, 0) is 25.2 Å². The molecule has 0 aromatic heterocycles. The molecule has 0 aliphatic carbocycles.